The summed E-state index contributed by atoms with van der Waals surface area (Å²) in [7, 11) is 1.94. The van der Waals surface area contributed by atoms with Crippen LogP contribution in [-0.2, 0) is 6.42 Å². The lowest BCUT2D eigenvalue weighted by Gasteiger charge is -2.33. The first-order valence-electron chi connectivity index (χ1n) is 5.63. The van der Waals surface area contributed by atoms with Gasteiger partial charge < -0.3 is 5.11 Å². The van der Waals surface area contributed by atoms with Crippen LogP contribution in [0.3, 0.4) is 0 Å². The van der Waals surface area contributed by atoms with Gasteiger partial charge in [-0.2, -0.15) is 0 Å². The van der Waals surface area contributed by atoms with Crippen LogP contribution in [0.5, 0.6) is 0 Å². The lowest BCUT2D eigenvalue weighted by atomic mass is 10.0. The van der Waals surface area contributed by atoms with E-state index in [4.69, 9.17) is 0 Å². The van der Waals surface area contributed by atoms with E-state index in [1.165, 1.54) is 6.07 Å². The lowest BCUT2D eigenvalue weighted by Crippen LogP contribution is -2.45. The Kier molecular flexibility index (Phi) is 5.10. The fourth-order valence-electron chi connectivity index (χ4n) is 1.45. The number of hydrogen-bond acceptors (Lipinski definition) is 2. The second-order valence-corrected chi connectivity index (χ2v) is 5.79. The third-order valence-corrected chi connectivity index (χ3v) is 3.64. The number of aliphatic hydroxyl groups excluding tert-OH is 1. The highest BCUT2D eigenvalue weighted by Gasteiger charge is 2.22. The van der Waals surface area contributed by atoms with Crippen molar-refractivity contribution in [1.29, 1.82) is 0 Å². The van der Waals surface area contributed by atoms with Gasteiger partial charge in [0.15, 0.2) is 0 Å². The number of likely N-dealkylation sites (N-methyl/N-ethyl adjacent to an activating group) is 1. The zero-order chi connectivity index (χ0) is 13.1. The number of halogens is 2. The maximum atomic E-state index is 13.5. The predicted molar refractivity (Wildman–Crippen MR) is 71.6 cm³/mol. The van der Waals surface area contributed by atoms with Gasteiger partial charge in [-0.15, -0.1) is 0 Å². The van der Waals surface area contributed by atoms with Crippen molar-refractivity contribution < 1.29 is 9.50 Å². The first kappa shape index (κ1) is 14.6. The molecule has 0 spiro atoms. The summed E-state index contributed by atoms with van der Waals surface area (Å²) >= 11 is 3.34. The zero-order valence-corrected chi connectivity index (χ0v) is 12.1. The third kappa shape index (κ3) is 4.05. The standard InChI is InChI=1S/C13H19BrFNO/c1-13(2,9-17)16(3)7-6-10-8-11(14)4-5-12(10)15/h4-5,8,17H,6-7,9H2,1-3H3. The molecule has 0 heterocycles. The summed E-state index contributed by atoms with van der Waals surface area (Å²) in [4.78, 5) is 2.04. The SMILES string of the molecule is CN(CCc1cc(Br)ccc1F)C(C)(C)CO. The predicted octanol–water partition coefficient (Wildman–Crippen LogP) is 2.83. The van der Waals surface area contributed by atoms with Gasteiger partial charge in [-0.25, -0.2) is 4.39 Å². The molecule has 17 heavy (non-hydrogen) atoms. The minimum atomic E-state index is -0.275. The summed E-state index contributed by atoms with van der Waals surface area (Å²) in [5, 5.41) is 9.24. The lowest BCUT2D eigenvalue weighted by molar-refractivity contribution is 0.0799. The molecule has 0 saturated carbocycles. The summed E-state index contributed by atoms with van der Waals surface area (Å²) in [5.74, 6) is -0.177. The van der Waals surface area contributed by atoms with Gasteiger partial charge in [0.05, 0.1) is 6.61 Å². The second-order valence-electron chi connectivity index (χ2n) is 4.88. The van der Waals surface area contributed by atoms with Crippen molar-refractivity contribution in [1.82, 2.24) is 4.90 Å². The number of nitrogens with zero attached hydrogens (tertiary/aromatic N) is 1. The Morgan fingerprint density at radius 2 is 2.06 bits per heavy atom. The van der Waals surface area contributed by atoms with Gasteiger partial charge in [0, 0.05) is 16.6 Å². The van der Waals surface area contributed by atoms with E-state index in [1.807, 2.05) is 25.8 Å². The Balaban J connectivity index is 2.64. The fourth-order valence-corrected chi connectivity index (χ4v) is 1.85. The molecule has 1 rings (SSSR count). The van der Waals surface area contributed by atoms with Gasteiger partial charge in [0.25, 0.3) is 0 Å². The molecule has 0 bridgehead atoms. The summed E-state index contributed by atoms with van der Waals surface area (Å²) in [5.41, 5.74) is 0.419. The molecule has 2 nitrogen and oxygen atoms in total. The van der Waals surface area contributed by atoms with Crippen LogP contribution in [0, 0.1) is 5.82 Å². The van der Waals surface area contributed by atoms with E-state index in [9.17, 15) is 9.50 Å². The monoisotopic (exact) mass is 303 g/mol. The number of rotatable bonds is 5. The topological polar surface area (TPSA) is 23.5 Å². The minimum absolute atomic E-state index is 0.0878. The molecule has 4 heteroatoms. The molecular formula is C13H19BrFNO. The van der Waals surface area contributed by atoms with Gasteiger partial charge in [-0.1, -0.05) is 15.9 Å². The Morgan fingerprint density at radius 1 is 1.41 bits per heavy atom. The molecule has 0 radical (unpaired) electrons. The maximum absolute atomic E-state index is 13.5. The molecule has 0 unspecified atom stereocenters. The van der Waals surface area contributed by atoms with Crippen molar-refractivity contribution in [3.05, 3.63) is 34.1 Å². The first-order chi connectivity index (χ1) is 7.86. The summed E-state index contributed by atoms with van der Waals surface area (Å²) in [6.45, 7) is 4.72. The van der Waals surface area contributed by atoms with E-state index in [-0.39, 0.29) is 18.0 Å². The molecule has 1 aromatic carbocycles. The van der Waals surface area contributed by atoms with Crippen LogP contribution in [0.4, 0.5) is 4.39 Å². The van der Waals surface area contributed by atoms with E-state index >= 15 is 0 Å². The average molecular weight is 304 g/mol. The summed E-state index contributed by atoms with van der Waals surface area (Å²) < 4.78 is 14.4. The average Bonchev–Trinajstić information content (AvgIpc) is 2.29. The van der Waals surface area contributed by atoms with E-state index < -0.39 is 0 Å². The fraction of sp³-hybridized carbons (Fsp3) is 0.538. The van der Waals surface area contributed by atoms with Gasteiger partial charge in [0.2, 0.25) is 0 Å². The van der Waals surface area contributed by atoms with Crippen LogP contribution in [0.1, 0.15) is 19.4 Å². The van der Waals surface area contributed by atoms with Gasteiger partial charge in [-0.3, -0.25) is 4.90 Å². The molecule has 1 N–H and O–H groups in total. The Hall–Kier alpha value is -0.450. The molecule has 1 aromatic rings. The second kappa shape index (κ2) is 5.94. The van der Waals surface area contributed by atoms with Crippen LogP contribution in [-0.4, -0.2) is 35.7 Å². The minimum Gasteiger partial charge on any atom is -0.394 e. The Bertz CT molecular complexity index is 382. The molecule has 0 aliphatic rings. The molecular weight excluding hydrogens is 285 g/mol. The van der Waals surface area contributed by atoms with Crippen molar-refractivity contribution in [3.8, 4) is 0 Å². The first-order valence-corrected chi connectivity index (χ1v) is 6.42. The number of hydrogen-bond donors (Lipinski definition) is 1. The van der Waals surface area contributed by atoms with E-state index in [0.717, 1.165) is 4.47 Å². The highest BCUT2D eigenvalue weighted by molar-refractivity contribution is 9.10. The van der Waals surface area contributed by atoms with Gasteiger partial charge >= 0.3 is 0 Å². The molecule has 0 aromatic heterocycles. The van der Waals surface area contributed by atoms with Crippen LogP contribution in [0.15, 0.2) is 22.7 Å². The van der Waals surface area contributed by atoms with Crippen molar-refractivity contribution in [3.63, 3.8) is 0 Å². The summed E-state index contributed by atoms with van der Waals surface area (Å²) in [6.07, 6.45) is 0.630. The van der Waals surface area contributed by atoms with Crippen LogP contribution in [0.2, 0.25) is 0 Å². The van der Waals surface area contributed by atoms with Gasteiger partial charge in [-0.05, 0) is 51.1 Å². The largest absolute Gasteiger partial charge is 0.394 e. The van der Waals surface area contributed by atoms with Crippen molar-refractivity contribution in [2.24, 2.45) is 0 Å². The number of benzene rings is 1. The third-order valence-electron chi connectivity index (χ3n) is 3.14. The Labute approximate surface area is 111 Å². The van der Waals surface area contributed by atoms with Crippen molar-refractivity contribution >= 4 is 15.9 Å². The molecule has 0 aliphatic heterocycles. The van der Waals surface area contributed by atoms with Crippen molar-refractivity contribution in [2.75, 3.05) is 20.2 Å². The highest BCUT2D eigenvalue weighted by atomic mass is 79.9. The van der Waals surface area contributed by atoms with Crippen molar-refractivity contribution in [2.45, 2.75) is 25.8 Å². The molecule has 0 aliphatic carbocycles. The Morgan fingerprint density at radius 3 is 2.65 bits per heavy atom. The van der Waals surface area contributed by atoms with Crippen LogP contribution >= 0.6 is 15.9 Å². The zero-order valence-electron chi connectivity index (χ0n) is 10.5. The van der Waals surface area contributed by atoms with Gasteiger partial charge in [0.1, 0.15) is 5.82 Å². The maximum Gasteiger partial charge on any atom is 0.126 e. The quantitative estimate of drug-likeness (QED) is 0.904. The highest BCUT2D eigenvalue weighted by Crippen LogP contribution is 2.18. The van der Waals surface area contributed by atoms with Crippen LogP contribution in [0.25, 0.3) is 0 Å². The van der Waals surface area contributed by atoms with E-state index in [0.29, 0.717) is 18.5 Å². The normalized spacial score (nSPS) is 12.2. The van der Waals surface area contributed by atoms with E-state index in [2.05, 4.69) is 15.9 Å². The number of aliphatic hydroxyl groups is 1. The molecule has 0 fully saturated rings. The molecule has 0 saturated heterocycles. The van der Waals surface area contributed by atoms with Crippen LogP contribution < -0.4 is 0 Å². The smallest absolute Gasteiger partial charge is 0.126 e. The van der Waals surface area contributed by atoms with E-state index in [1.54, 1.807) is 12.1 Å². The molecule has 0 atom stereocenters. The summed E-state index contributed by atoms with van der Waals surface area (Å²) in [6, 6.07) is 4.96. The molecule has 0 amide bonds. The molecule has 96 valence electrons.